The molecule has 2 nitrogen and oxygen atoms in total. The highest BCUT2D eigenvalue weighted by molar-refractivity contribution is 6.32. The van der Waals surface area contributed by atoms with Crippen molar-refractivity contribution in [1.82, 2.24) is 0 Å². The fourth-order valence-electron chi connectivity index (χ4n) is 2.22. The minimum atomic E-state index is 0.515. The number of halogens is 1. The van der Waals surface area contributed by atoms with Crippen LogP contribution < -0.4 is 10.5 Å². The number of aryl methyl sites for hydroxylation is 3. The SMILES string of the molecule is Cc1cc(C)c(COc2ccc(N)cc2Cl)c(C)c1. The Kier molecular flexibility index (Phi) is 4.01. The van der Waals surface area contributed by atoms with Crippen LogP contribution in [0, 0.1) is 20.8 Å². The number of hydrogen-bond acceptors (Lipinski definition) is 2. The summed E-state index contributed by atoms with van der Waals surface area (Å²) in [6, 6.07) is 9.62. The van der Waals surface area contributed by atoms with Crippen molar-refractivity contribution in [2.75, 3.05) is 5.73 Å². The lowest BCUT2D eigenvalue weighted by Crippen LogP contribution is -2.02. The Hall–Kier alpha value is -1.67. The summed E-state index contributed by atoms with van der Waals surface area (Å²) in [6.45, 7) is 6.82. The van der Waals surface area contributed by atoms with Crippen LogP contribution >= 0.6 is 11.6 Å². The van der Waals surface area contributed by atoms with E-state index in [9.17, 15) is 0 Å². The summed E-state index contributed by atoms with van der Waals surface area (Å²) in [5.74, 6) is 0.662. The van der Waals surface area contributed by atoms with Gasteiger partial charge in [0.05, 0.1) is 5.02 Å². The second-order valence-electron chi connectivity index (χ2n) is 4.86. The van der Waals surface area contributed by atoms with Crippen LogP contribution in [0.1, 0.15) is 22.3 Å². The summed E-state index contributed by atoms with van der Waals surface area (Å²) < 4.78 is 5.79. The largest absolute Gasteiger partial charge is 0.487 e. The molecule has 2 N–H and O–H groups in total. The van der Waals surface area contributed by atoms with Gasteiger partial charge in [-0.15, -0.1) is 0 Å². The summed E-state index contributed by atoms with van der Waals surface area (Å²) in [4.78, 5) is 0. The van der Waals surface area contributed by atoms with Crippen molar-refractivity contribution in [1.29, 1.82) is 0 Å². The molecule has 0 aliphatic carbocycles. The Balaban J connectivity index is 2.19. The molecule has 0 aliphatic rings. The molecule has 100 valence electrons. The summed E-state index contributed by atoms with van der Waals surface area (Å²) >= 11 is 6.10. The van der Waals surface area contributed by atoms with E-state index in [-0.39, 0.29) is 0 Å². The van der Waals surface area contributed by atoms with Gasteiger partial charge in [0, 0.05) is 5.69 Å². The highest BCUT2D eigenvalue weighted by atomic mass is 35.5. The smallest absolute Gasteiger partial charge is 0.138 e. The number of hydrogen-bond donors (Lipinski definition) is 1. The topological polar surface area (TPSA) is 35.2 Å². The zero-order chi connectivity index (χ0) is 14.0. The summed E-state index contributed by atoms with van der Waals surface area (Å²) in [5.41, 5.74) is 11.3. The molecule has 0 aliphatic heterocycles. The standard InChI is InChI=1S/C16H18ClNO/c1-10-6-11(2)14(12(3)7-10)9-19-16-5-4-13(18)8-15(16)17/h4-8H,9,18H2,1-3H3. The molecule has 0 saturated heterocycles. The number of nitrogens with two attached hydrogens (primary N) is 1. The quantitative estimate of drug-likeness (QED) is 0.841. The Morgan fingerprint density at radius 2 is 1.68 bits per heavy atom. The predicted molar refractivity (Wildman–Crippen MR) is 80.8 cm³/mol. The zero-order valence-electron chi connectivity index (χ0n) is 11.5. The van der Waals surface area contributed by atoms with Crippen LogP contribution in [0.5, 0.6) is 5.75 Å². The first kappa shape index (κ1) is 13.8. The molecule has 19 heavy (non-hydrogen) atoms. The molecule has 2 rings (SSSR count). The number of ether oxygens (including phenoxy) is 1. The molecule has 0 saturated carbocycles. The van der Waals surface area contributed by atoms with Gasteiger partial charge < -0.3 is 10.5 Å². The van der Waals surface area contributed by atoms with Crippen LogP contribution in [0.3, 0.4) is 0 Å². The summed E-state index contributed by atoms with van der Waals surface area (Å²) in [6.07, 6.45) is 0. The average Bonchev–Trinajstić information content (AvgIpc) is 2.30. The van der Waals surface area contributed by atoms with Gasteiger partial charge in [0.25, 0.3) is 0 Å². The van der Waals surface area contributed by atoms with Gasteiger partial charge in [-0.25, -0.2) is 0 Å². The minimum absolute atomic E-state index is 0.515. The predicted octanol–water partition coefficient (Wildman–Crippen LogP) is 4.43. The van der Waals surface area contributed by atoms with Crippen LogP contribution in [-0.4, -0.2) is 0 Å². The molecule has 0 unspecified atom stereocenters. The first-order valence-corrected chi connectivity index (χ1v) is 6.59. The van der Waals surface area contributed by atoms with E-state index >= 15 is 0 Å². The molecule has 0 atom stereocenters. The van der Waals surface area contributed by atoms with E-state index in [0.717, 1.165) is 0 Å². The Morgan fingerprint density at radius 3 is 2.26 bits per heavy atom. The molecule has 0 heterocycles. The van der Waals surface area contributed by atoms with Gasteiger partial charge in [-0.3, -0.25) is 0 Å². The Morgan fingerprint density at radius 1 is 1.05 bits per heavy atom. The second-order valence-corrected chi connectivity index (χ2v) is 5.26. The molecule has 2 aromatic carbocycles. The van der Waals surface area contributed by atoms with Gasteiger partial charge in [-0.1, -0.05) is 29.3 Å². The van der Waals surface area contributed by atoms with E-state index in [1.54, 1.807) is 18.2 Å². The van der Waals surface area contributed by atoms with Crippen molar-refractivity contribution in [3.63, 3.8) is 0 Å². The molecule has 2 aromatic rings. The number of rotatable bonds is 3. The van der Waals surface area contributed by atoms with Crippen LogP contribution in [0.2, 0.25) is 5.02 Å². The minimum Gasteiger partial charge on any atom is -0.487 e. The molecule has 3 heteroatoms. The van der Waals surface area contributed by atoms with Crippen molar-refractivity contribution >= 4 is 17.3 Å². The monoisotopic (exact) mass is 275 g/mol. The van der Waals surface area contributed by atoms with E-state index in [4.69, 9.17) is 22.1 Å². The Labute approximate surface area is 119 Å². The van der Waals surface area contributed by atoms with Gasteiger partial charge in [0.2, 0.25) is 0 Å². The molecule has 0 amide bonds. The van der Waals surface area contributed by atoms with Gasteiger partial charge in [-0.2, -0.15) is 0 Å². The third-order valence-electron chi connectivity index (χ3n) is 3.17. The summed E-state index contributed by atoms with van der Waals surface area (Å²) in [5, 5.41) is 0.544. The van der Waals surface area contributed by atoms with Crippen molar-refractivity contribution in [2.45, 2.75) is 27.4 Å². The normalized spacial score (nSPS) is 10.5. The van der Waals surface area contributed by atoms with Crippen molar-refractivity contribution < 1.29 is 4.74 Å². The number of nitrogen functional groups attached to an aromatic ring is 1. The van der Waals surface area contributed by atoms with Crippen LogP contribution in [0.4, 0.5) is 5.69 Å². The number of benzene rings is 2. The van der Waals surface area contributed by atoms with Crippen molar-refractivity contribution in [3.05, 3.63) is 57.6 Å². The van der Waals surface area contributed by atoms with E-state index < -0.39 is 0 Å². The van der Waals surface area contributed by atoms with Crippen molar-refractivity contribution in [3.8, 4) is 5.75 Å². The maximum atomic E-state index is 6.10. The molecular formula is C16H18ClNO. The van der Waals surface area contributed by atoms with Crippen molar-refractivity contribution in [2.24, 2.45) is 0 Å². The molecule has 0 aromatic heterocycles. The van der Waals surface area contributed by atoms with E-state index in [1.807, 2.05) is 0 Å². The average molecular weight is 276 g/mol. The molecule has 0 radical (unpaired) electrons. The van der Waals surface area contributed by atoms with Gasteiger partial charge in [0.15, 0.2) is 0 Å². The molecular weight excluding hydrogens is 258 g/mol. The first-order chi connectivity index (χ1) is 8.97. The van der Waals surface area contributed by atoms with E-state index in [2.05, 4.69) is 32.9 Å². The van der Waals surface area contributed by atoms with Crippen LogP contribution in [0.15, 0.2) is 30.3 Å². The second kappa shape index (κ2) is 5.54. The van der Waals surface area contributed by atoms with Crippen LogP contribution in [0.25, 0.3) is 0 Å². The molecule has 0 bridgehead atoms. The Bertz CT molecular complexity index is 585. The van der Waals surface area contributed by atoms with Gasteiger partial charge in [-0.05, 0) is 55.7 Å². The highest BCUT2D eigenvalue weighted by Gasteiger charge is 2.07. The fraction of sp³-hybridized carbons (Fsp3) is 0.250. The molecule has 0 fully saturated rings. The third kappa shape index (κ3) is 3.21. The third-order valence-corrected chi connectivity index (χ3v) is 3.46. The number of anilines is 1. The maximum Gasteiger partial charge on any atom is 0.138 e. The lowest BCUT2D eigenvalue weighted by atomic mass is 10.0. The summed E-state index contributed by atoms with van der Waals surface area (Å²) in [7, 11) is 0. The zero-order valence-corrected chi connectivity index (χ0v) is 12.2. The maximum absolute atomic E-state index is 6.10. The molecule has 0 spiro atoms. The van der Waals surface area contributed by atoms with Gasteiger partial charge >= 0.3 is 0 Å². The van der Waals surface area contributed by atoms with E-state index in [1.165, 1.54) is 22.3 Å². The highest BCUT2D eigenvalue weighted by Crippen LogP contribution is 2.28. The first-order valence-electron chi connectivity index (χ1n) is 6.22. The lowest BCUT2D eigenvalue weighted by Gasteiger charge is -2.13. The van der Waals surface area contributed by atoms with Crippen LogP contribution in [-0.2, 0) is 6.61 Å². The van der Waals surface area contributed by atoms with Gasteiger partial charge in [0.1, 0.15) is 12.4 Å². The lowest BCUT2D eigenvalue weighted by molar-refractivity contribution is 0.305. The van der Waals surface area contributed by atoms with E-state index in [0.29, 0.717) is 23.1 Å². The fourth-order valence-corrected chi connectivity index (χ4v) is 2.47.